The largest absolute Gasteiger partial charge is 0.339 e. The third kappa shape index (κ3) is 4.15. The summed E-state index contributed by atoms with van der Waals surface area (Å²) in [5.74, 6) is 1.34. The normalized spacial score (nSPS) is 12.8. The van der Waals surface area contributed by atoms with Gasteiger partial charge in [0.25, 0.3) is 0 Å². The molecule has 0 amide bonds. The minimum Gasteiger partial charge on any atom is -0.339 e. The second-order valence-electron chi connectivity index (χ2n) is 4.88. The second-order valence-corrected chi connectivity index (χ2v) is 4.88. The van der Waals surface area contributed by atoms with E-state index in [1.54, 1.807) is 0 Å². The van der Waals surface area contributed by atoms with Gasteiger partial charge in [-0.15, -0.1) is 0 Å². The van der Waals surface area contributed by atoms with Gasteiger partial charge in [-0.2, -0.15) is 4.98 Å². The monoisotopic (exact) mass is 260 g/mol. The van der Waals surface area contributed by atoms with E-state index in [0.717, 1.165) is 24.4 Å². The number of benzene rings is 1. The molecule has 5 nitrogen and oxygen atoms in total. The fourth-order valence-corrected chi connectivity index (χ4v) is 1.80. The van der Waals surface area contributed by atoms with Gasteiger partial charge in [-0.05, 0) is 19.7 Å². The lowest BCUT2D eigenvalue weighted by molar-refractivity contribution is 0.359. The minimum absolute atomic E-state index is 0.108. The van der Waals surface area contributed by atoms with Crippen molar-refractivity contribution in [3.05, 3.63) is 47.6 Å². The summed E-state index contributed by atoms with van der Waals surface area (Å²) in [4.78, 5) is 6.45. The topological polar surface area (TPSA) is 68.2 Å². The molecule has 2 N–H and O–H groups in total. The van der Waals surface area contributed by atoms with Crippen LogP contribution in [0.4, 0.5) is 0 Å². The summed E-state index contributed by atoms with van der Waals surface area (Å²) >= 11 is 0. The highest BCUT2D eigenvalue weighted by molar-refractivity contribution is 5.19. The van der Waals surface area contributed by atoms with Gasteiger partial charge in [0.05, 0.1) is 0 Å². The molecular weight excluding hydrogens is 240 g/mol. The zero-order valence-corrected chi connectivity index (χ0v) is 11.4. The van der Waals surface area contributed by atoms with Gasteiger partial charge in [0.2, 0.25) is 5.89 Å². The number of rotatable bonds is 6. The number of aromatic nitrogens is 2. The van der Waals surface area contributed by atoms with Crippen molar-refractivity contribution in [3.8, 4) is 0 Å². The van der Waals surface area contributed by atoms with Crippen molar-refractivity contribution in [2.45, 2.75) is 18.9 Å². The van der Waals surface area contributed by atoms with E-state index in [9.17, 15) is 0 Å². The summed E-state index contributed by atoms with van der Waals surface area (Å²) in [6, 6.07) is 9.84. The predicted molar refractivity (Wildman–Crippen MR) is 73.6 cm³/mol. The average molecular weight is 260 g/mol. The first kappa shape index (κ1) is 13.7. The maximum absolute atomic E-state index is 6.12. The van der Waals surface area contributed by atoms with E-state index in [1.165, 1.54) is 0 Å². The first-order chi connectivity index (χ1) is 9.15. The van der Waals surface area contributed by atoms with Gasteiger partial charge in [0, 0.05) is 25.4 Å². The Hall–Kier alpha value is -1.72. The van der Waals surface area contributed by atoms with Crippen LogP contribution >= 0.6 is 0 Å². The zero-order valence-electron chi connectivity index (χ0n) is 11.4. The number of nitrogens with two attached hydrogens (primary N) is 1. The van der Waals surface area contributed by atoms with E-state index in [2.05, 4.69) is 15.0 Å². The van der Waals surface area contributed by atoms with Crippen LogP contribution in [0.2, 0.25) is 0 Å². The second kappa shape index (κ2) is 6.45. The van der Waals surface area contributed by atoms with E-state index in [-0.39, 0.29) is 6.04 Å². The van der Waals surface area contributed by atoms with Crippen LogP contribution in [0.25, 0.3) is 0 Å². The van der Waals surface area contributed by atoms with Crippen LogP contribution in [-0.2, 0) is 12.8 Å². The summed E-state index contributed by atoms with van der Waals surface area (Å²) in [6.07, 6.45) is 1.36. The van der Waals surface area contributed by atoms with Crippen LogP contribution in [-0.4, -0.2) is 35.7 Å². The molecule has 0 saturated carbocycles. The molecule has 0 aliphatic rings. The van der Waals surface area contributed by atoms with E-state index in [1.807, 2.05) is 44.4 Å². The molecule has 0 saturated heterocycles. The molecule has 1 aromatic carbocycles. The zero-order chi connectivity index (χ0) is 13.7. The molecule has 1 heterocycles. The molecular formula is C14H20N4O. The summed E-state index contributed by atoms with van der Waals surface area (Å²) < 4.78 is 5.23. The van der Waals surface area contributed by atoms with Crippen molar-refractivity contribution in [1.29, 1.82) is 0 Å². The molecule has 0 fully saturated rings. The number of hydrogen-bond donors (Lipinski definition) is 1. The van der Waals surface area contributed by atoms with Crippen molar-refractivity contribution in [1.82, 2.24) is 15.0 Å². The summed E-state index contributed by atoms with van der Waals surface area (Å²) in [6.45, 7) is 0.906. The first-order valence-corrected chi connectivity index (χ1v) is 6.42. The van der Waals surface area contributed by atoms with Crippen LogP contribution in [0.1, 0.15) is 23.3 Å². The third-order valence-corrected chi connectivity index (χ3v) is 2.92. The Kier molecular flexibility index (Phi) is 4.65. The van der Waals surface area contributed by atoms with Gasteiger partial charge in [0.15, 0.2) is 5.82 Å². The van der Waals surface area contributed by atoms with Crippen LogP contribution < -0.4 is 5.73 Å². The summed E-state index contributed by atoms with van der Waals surface area (Å²) in [5.41, 5.74) is 7.20. The lowest BCUT2D eigenvalue weighted by atomic mass is 10.1. The van der Waals surface area contributed by atoms with Gasteiger partial charge in [-0.25, -0.2) is 0 Å². The molecule has 0 aliphatic heterocycles. The Labute approximate surface area is 113 Å². The molecule has 0 spiro atoms. The van der Waals surface area contributed by atoms with Crippen molar-refractivity contribution in [3.63, 3.8) is 0 Å². The van der Waals surface area contributed by atoms with Gasteiger partial charge in [0.1, 0.15) is 0 Å². The standard InChI is InChI=1S/C14H20N4O/c1-18(2)9-8-13-16-14(19-17-13)10-12(15)11-6-4-3-5-7-11/h3-7,12H,8-10,15H2,1-2H3/t12-/m1/s1. The number of likely N-dealkylation sites (N-methyl/N-ethyl adjacent to an activating group) is 1. The molecule has 102 valence electrons. The number of nitrogens with zero attached hydrogens (tertiary/aromatic N) is 3. The van der Waals surface area contributed by atoms with Gasteiger partial charge >= 0.3 is 0 Å². The van der Waals surface area contributed by atoms with Crippen molar-refractivity contribution < 1.29 is 4.52 Å². The Balaban J connectivity index is 1.93. The van der Waals surface area contributed by atoms with Crippen LogP contribution in [0.15, 0.2) is 34.9 Å². The highest BCUT2D eigenvalue weighted by atomic mass is 16.5. The molecule has 0 unspecified atom stereocenters. The molecule has 0 bridgehead atoms. The molecule has 1 atom stereocenters. The maximum atomic E-state index is 6.12. The SMILES string of the molecule is CN(C)CCc1noc(C[C@@H](N)c2ccccc2)n1. The molecule has 0 aliphatic carbocycles. The van der Waals surface area contributed by atoms with Crippen molar-refractivity contribution >= 4 is 0 Å². The Morgan fingerprint density at radius 2 is 2.00 bits per heavy atom. The van der Waals surface area contributed by atoms with Gasteiger partial charge < -0.3 is 15.2 Å². The van der Waals surface area contributed by atoms with Gasteiger partial charge in [-0.3, -0.25) is 0 Å². The highest BCUT2D eigenvalue weighted by Gasteiger charge is 2.12. The van der Waals surface area contributed by atoms with Crippen LogP contribution in [0.5, 0.6) is 0 Å². The van der Waals surface area contributed by atoms with Gasteiger partial charge in [-0.1, -0.05) is 35.5 Å². The molecule has 1 aromatic heterocycles. The predicted octanol–water partition coefficient (Wildman–Crippen LogP) is 1.42. The molecule has 2 aromatic rings. The lowest BCUT2D eigenvalue weighted by Crippen LogP contribution is -2.16. The van der Waals surface area contributed by atoms with E-state index >= 15 is 0 Å². The number of hydrogen-bond acceptors (Lipinski definition) is 5. The smallest absolute Gasteiger partial charge is 0.228 e. The Morgan fingerprint density at radius 1 is 1.26 bits per heavy atom. The van der Waals surface area contributed by atoms with E-state index in [0.29, 0.717) is 12.3 Å². The quantitative estimate of drug-likeness (QED) is 0.850. The molecule has 19 heavy (non-hydrogen) atoms. The summed E-state index contributed by atoms with van der Waals surface area (Å²) in [5, 5.41) is 3.97. The van der Waals surface area contributed by atoms with E-state index in [4.69, 9.17) is 10.3 Å². The van der Waals surface area contributed by atoms with Crippen LogP contribution in [0.3, 0.4) is 0 Å². The highest BCUT2D eigenvalue weighted by Crippen LogP contribution is 2.14. The van der Waals surface area contributed by atoms with Crippen LogP contribution in [0, 0.1) is 0 Å². The molecule has 0 radical (unpaired) electrons. The Bertz CT molecular complexity index is 495. The lowest BCUT2D eigenvalue weighted by Gasteiger charge is -2.08. The fraction of sp³-hybridized carbons (Fsp3) is 0.429. The van der Waals surface area contributed by atoms with Crippen molar-refractivity contribution in [2.75, 3.05) is 20.6 Å². The third-order valence-electron chi connectivity index (χ3n) is 2.92. The maximum Gasteiger partial charge on any atom is 0.228 e. The Morgan fingerprint density at radius 3 is 2.68 bits per heavy atom. The molecule has 2 rings (SSSR count). The minimum atomic E-state index is -0.108. The average Bonchev–Trinajstić information content (AvgIpc) is 2.85. The van der Waals surface area contributed by atoms with Crippen molar-refractivity contribution in [2.24, 2.45) is 5.73 Å². The summed E-state index contributed by atoms with van der Waals surface area (Å²) in [7, 11) is 4.04. The molecule has 5 heteroatoms. The van der Waals surface area contributed by atoms with E-state index < -0.39 is 0 Å². The fourth-order valence-electron chi connectivity index (χ4n) is 1.80. The first-order valence-electron chi connectivity index (χ1n) is 6.42.